The molecule has 2 heterocycles. The number of amides is 1. The molecule has 3 aromatic rings. The maximum absolute atomic E-state index is 13.0. The second-order valence-electron chi connectivity index (χ2n) is 6.14. The largest absolute Gasteiger partial charge is 0.358 e. The molecule has 1 amide bonds. The fourth-order valence-electron chi connectivity index (χ4n) is 3.30. The van der Waals surface area contributed by atoms with Gasteiger partial charge in [0.1, 0.15) is 5.82 Å². The first-order valence-electron chi connectivity index (χ1n) is 7.91. The van der Waals surface area contributed by atoms with Crippen LogP contribution in [0.1, 0.15) is 16.8 Å². The predicted octanol–water partition coefficient (Wildman–Crippen LogP) is 4.09. The van der Waals surface area contributed by atoms with Gasteiger partial charge in [-0.1, -0.05) is 29.8 Å². The molecule has 122 valence electrons. The van der Waals surface area contributed by atoms with Crippen LogP contribution in [-0.2, 0) is 24.2 Å². The SMILES string of the molecule is O=C(Cc1ccc(F)cc1)N1CCc2[nH]c3cc(Cl)ccc3c2C1. The number of aromatic nitrogens is 1. The molecule has 0 fully saturated rings. The van der Waals surface area contributed by atoms with Gasteiger partial charge in [-0.2, -0.15) is 0 Å². The Morgan fingerprint density at radius 3 is 2.79 bits per heavy atom. The number of hydrogen-bond acceptors (Lipinski definition) is 1. The van der Waals surface area contributed by atoms with Gasteiger partial charge in [0.2, 0.25) is 5.91 Å². The van der Waals surface area contributed by atoms with Crippen molar-refractivity contribution in [3.8, 4) is 0 Å². The van der Waals surface area contributed by atoms with Crippen molar-refractivity contribution in [2.45, 2.75) is 19.4 Å². The first kappa shape index (κ1) is 15.2. The molecule has 0 saturated heterocycles. The number of halogens is 2. The summed E-state index contributed by atoms with van der Waals surface area (Å²) in [5, 5.41) is 1.82. The number of fused-ring (bicyclic) bond motifs is 3. The molecule has 24 heavy (non-hydrogen) atoms. The summed E-state index contributed by atoms with van der Waals surface area (Å²) in [5.74, 6) is -0.221. The minimum Gasteiger partial charge on any atom is -0.358 e. The van der Waals surface area contributed by atoms with Crippen molar-refractivity contribution in [1.82, 2.24) is 9.88 Å². The lowest BCUT2D eigenvalue weighted by Gasteiger charge is -2.27. The quantitative estimate of drug-likeness (QED) is 0.748. The molecule has 5 heteroatoms. The number of aromatic amines is 1. The zero-order valence-electron chi connectivity index (χ0n) is 13.0. The van der Waals surface area contributed by atoms with E-state index in [0.717, 1.165) is 22.9 Å². The molecule has 0 radical (unpaired) electrons. The van der Waals surface area contributed by atoms with Crippen molar-refractivity contribution >= 4 is 28.4 Å². The van der Waals surface area contributed by atoms with Crippen LogP contribution in [0, 0.1) is 5.82 Å². The van der Waals surface area contributed by atoms with E-state index in [4.69, 9.17) is 11.6 Å². The molecule has 4 rings (SSSR count). The summed E-state index contributed by atoms with van der Waals surface area (Å²) in [4.78, 5) is 17.9. The monoisotopic (exact) mass is 342 g/mol. The highest BCUT2D eigenvalue weighted by Crippen LogP contribution is 2.29. The Hall–Kier alpha value is -2.33. The van der Waals surface area contributed by atoms with Crippen LogP contribution < -0.4 is 0 Å². The molecule has 1 aliphatic heterocycles. The Labute approximate surface area is 144 Å². The van der Waals surface area contributed by atoms with E-state index in [1.165, 1.54) is 23.4 Å². The molecule has 1 aromatic heterocycles. The molecule has 0 saturated carbocycles. The van der Waals surface area contributed by atoms with Gasteiger partial charge >= 0.3 is 0 Å². The highest BCUT2D eigenvalue weighted by Gasteiger charge is 2.24. The predicted molar refractivity (Wildman–Crippen MR) is 92.5 cm³/mol. The summed E-state index contributed by atoms with van der Waals surface area (Å²) >= 11 is 6.05. The van der Waals surface area contributed by atoms with Crippen molar-refractivity contribution in [3.05, 3.63) is 70.1 Å². The van der Waals surface area contributed by atoms with Crippen molar-refractivity contribution < 1.29 is 9.18 Å². The molecular weight excluding hydrogens is 327 g/mol. The number of nitrogens with one attached hydrogen (secondary N) is 1. The number of nitrogens with zero attached hydrogens (tertiary/aromatic N) is 1. The molecule has 0 unspecified atom stereocenters. The molecule has 0 bridgehead atoms. The zero-order chi connectivity index (χ0) is 16.7. The molecule has 0 spiro atoms. The zero-order valence-corrected chi connectivity index (χ0v) is 13.7. The van der Waals surface area contributed by atoms with Crippen LogP contribution in [0.25, 0.3) is 10.9 Å². The van der Waals surface area contributed by atoms with E-state index in [9.17, 15) is 9.18 Å². The van der Waals surface area contributed by atoms with Crippen molar-refractivity contribution in [2.75, 3.05) is 6.54 Å². The maximum atomic E-state index is 13.0. The van der Waals surface area contributed by atoms with E-state index in [-0.39, 0.29) is 11.7 Å². The summed E-state index contributed by atoms with van der Waals surface area (Å²) in [6.45, 7) is 1.28. The number of H-pyrrole nitrogens is 1. The second-order valence-corrected chi connectivity index (χ2v) is 6.58. The minimum atomic E-state index is -0.286. The Kier molecular flexibility index (Phi) is 3.77. The smallest absolute Gasteiger partial charge is 0.227 e. The average Bonchev–Trinajstić information content (AvgIpc) is 2.93. The third-order valence-corrected chi connectivity index (χ3v) is 4.79. The van der Waals surface area contributed by atoms with Crippen LogP contribution in [0.15, 0.2) is 42.5 Å². The molecule has 1 aliphatic rings. The Balaban J connectivity index is 1.56. The molecule has 1 N–H and O–H groups in total. The third kappa shape index (κ3) is 2.78. The van der Waals surface area contributed by atoms with E-state index in [1.54, 1.807) is 12.1 Å². The fourth-order valence-corrected chi connectivity index (χ4v) is 3.47. The molecule has 3 nitrogen and oxygen atoms in total. The van der Waals surface area contributed by atoms with E-state index in [0.29, 0.717) is 24.5 Å². The van der Waals surface area contributed by atoms with Gasteiger partial charge in [-0.05, 0) is 29.8 Å². The molecule has 0 aliphatic carbocycles. The number of hydrogen-bond donors (Lipinski definition) is 1. The Morgan fingerprint density at radius 2 is 2.00 bits per heavy atom. The number of benzene rings is 2. The minimum absolute atomic E-state index is 0.0653. The average molecular weight is 343 g/mol. The first-order chi connectivity index (χ1) is 11.6. The van der Waals surface area contributed by atoms with Crippen LogP contribution in [0.4, 0.5) is 4.39 Å². The lowest BCUT2D eigenvalue weighted by molar-refractivity contribution is -0.131. The van der Waals surface area contributed by atoms with Gasteiger partial charge < -0.3 is 9.88 Å². The summed E-state index contributed by atoms with van der Waals surface area (Å²) in [6, 6.07) is 11.9. The highest BCUT2D eigenvalue weighted by atomic mass is 35.5. The standard InChI is InChI=1S/C19H16ClFN2O/c20-13-3-6-15-16-11-23(8-7-17(16)22-18(15)10-13)19(24)9-12-1-4-14(21)5-2-12/h1-6,10,22H,7-9,11H2. The van der Waals surface area contributed by atoms with Crippen LogP contribution in [0.3, 0.4) is 0 Å². The van der Waals surface area contributed by atoms with Gasteiger partial charge in [0.05, 0.1) is 6.42 Å². The summed E-state index contributed by atoms with van der Waals surface area (Å²) in [5.41, 5.74) is 4.19. The van der Waals surface area contributed by atoms with Crippen LogP contribution in [-0.4, -0.2) is 22.3 Å². The second kappa shape index (κ2) is 5.95. The Morgan fingerprint density at radius 1 is 1.21 bits per heavy atom. The highest BCUT2D eigenvalue weighted by molar-refractivity contribution is 6.31. The van der Waals surface area contributed by atoms with Gasteiger partial charge in [0.25, 0.3) is 0 Å². The summed E-state index contributed by atoms with van der Waals surface area (Å²) in [7, 11) is 0. The lowest BCUT2D eigenvalue weighted by Crippen LogP contribution is -2.36. The van der Waals surface area contributed by atoms with E-state index < -0.39 is 0 Å². The molecule has 0 atom stereocenters. The van der Waals surface area contributed by atoms with E-state index in [1.807, 2.05) is 23.1 Å². The maximum Gasteiger partial charge on any atom is 0.227 e. The summed E-state index contributed by atoms with van der Waals surface area (Å²) in [6.07, 6.45) is 1.10. The molecule has 2 aromatic carbocycles. The molecular formula is C19H16ClFN2O. The normalized spacial score (nSPS) is 14.0. The number of rotatable bonds is 2. The van der Waals surface area contributed by atoms with Crippen LogP contribution in [0.5, 0.6) is 0 Å². The summed E-state index contributed by atoms with van der Waals surface area (Å²) < 4.78 is 13.0. The van der Waals surface area contributed by atoms with Gasteiger partial charge in [-0.3, -0.25) is 4.79 Å². The Bertz CT molecular complexity index is 917. The fraction of sp³-hybridized carbons (Fsp3) is 0.211. The lowest BCUT2D eigenvalue weighted by atomic mass is 10.0. The van der Waals surface area contributed by atoms with Gasteiger partial charge in [-0.15, -0.1) is 0 Å². The van der Waals surface area contributed by atoms with Gasteiger partial charge in [0.15, 0.2) is 0 Å². The van der Waals surface area contributed by atoms with E-state index in [2.05, 4.69) is 4.98 Å². The van der Waals surface area contributed by atoms with Crippen molar-refractivity contribution in [1.29, 1.82) is 0 Å². The van der Waals surface area contributed by atoms with Crippen LogP contribution >= 0.6 is 11.6 Å². The third-order valence-electron chi connectivity index (χ3n) is 4.56. The van der Waals surface area contributed by atoms with Gasteiger partial charge in [-0.25, -0.2) is 4.39 Å². The topological polar surface area (TPSA) is 36.1 Å². The van der Waals surface area contributed by atoms with Crippen molar-refractivity contribution in [2.24, 2.45) is 0 Å². The van der Waals surface area contributed by atoms with E-state index >= 15 is 0 Å². The number of carbonyl (C=O) groups excluding carboxylic acids is 1. The van der Waals surface area contributed by atoms with Crippen molar-refractivity contribution in [3.63, 3.8) is 0 Å². The number of carbonyl (C=O) groups is 1. The van der Waals surface area contributed by atoms with Crippen LogP contribution in [0.2, 0.25) is 5.02 Å². The van der Waals surface area contributed by atoms with Gasteiger partial charge in [0, 0.05) is 46.7 Å². The first-order valence-corrected chi connectivity index (χ1v) is 8.29.